The molecule has 7 N–H and O–H groups in total. The van der Waals surface area contributed by atoms with Crippen molar-refractivity contribution in [1.29, 1.82) is 0 Å². The number of benzene rings is 4. The first-order valence-corrected chi connectivity index (χ1v) is 18.1. The van der Waals surface area contributed by atoms with Gasteiger partial charge in [0.2, 0.25) is 0 Å². The Morgan fingerprint density at radius 3 is 1.39 bits per heavy atom. The fourth-order valence-electron chi connectivity index (χ4n) is 4.94. The second kappa shape index (κ2) is 21.8. The summed E-state index contributed by atoms with van der Waals surface area (Å²) < 4.78 is 140. The summed E-state index contributed by atoms with van der Waals surface area (Å²) in [5, 5.41) is 13.6. The number of carbonyl (C=O) groups excluding carboxylic acids is 4. The van der Waals surface area contributed by atoms with E-state index >= 15 is 0 Å². The summed E-state index contributed by atoms with van der Waals surface area (Å²) in [5.74, 6) is -5.94. The number of halogens is 10. The molecule has 67 heavy (non-hydrogen) atoms. The van der Waals surface area contributed by atoms with E-state index in [0.717, 1.165) is 72.3 Å². The maximum absolute atomic E-state index is 13.7. The van der Waals surface area contributed by atoms with E-state index in [1.165, 1.54) is 48.8 Å². The van der Waals surface area contributed by atoms with Gasteiger partial charge in [-0.05, 0) is 110 Å². The van der Waals surface area contributed by atoms with Crippen LogP contribution in [-0.4, -0.2) is 57.8 Å². The molecule has 0 aliphatic rings. The fourth-order valence-corrected chi connectivity index (χ4v) is 4.94. The molecule has 4 amide bonds. The van der Waals surface area contributed by atoms with Crippen molar-refractivity contribution in [1.82, 2.24) is 9.97 Å². The molecule has 0 spiro atoms. The molecule has 15 nitrogen and oxygen atoms in total. The number of aromatic nitrogens is 2. The highest BCUT2D eigenvalue weighted by molar-refractivity contribution is 6.07. The van der Waals surface area contributed by atoms with Crippen LogP contribution in [0, 0.1) is 12.7 Å². The monoisotopic (exact) mass is 952 g/mol. The number of rotatable bonds is 11. The predicted molar refractivity (Wildman–Crippen MR) is 214 cm³/mol. The summed E-state index contributed by atoms with van der Waals surface area (Å²) in [6.07, 6.45) is -12.1. The first kappa shape index (κ1) is 51.0. The zero-order valence-corrected chi connectivity index (χ0v) is 33.6. The van der Waals surface area contributed by atoms with Crippen molar-refractivity contribution in [2.24, 2.45) is 11.5 Å². The number of hydrogen-bond acceptors (Lipinski definition) is 11. The molecule has 2 aromatic heterocycles. The molecule has 6 aromatic rings. The summed E-state index contributed by atoms with van der Waals surface area (Å²) in [7, 11) is 0. The number of ether oxygens (including phenoxy) is 4. The number of pyridine rings is 2. The van der Waals surface area contributed by atoms with Gasteiger partial charge in [-0.15, -0.1) is 39.5 Å². The van der Waals surface area contributed by atoms with Crippen molar-refractivity contribution in [2.45, 2.75) is 26.0 Å². The number of aromatic hydroxyl groups is 1. The Kier molecular flexibility index (Phi) is 16.6. The van der Waals surface area contributed by atoms with Gasteiger partial charge >= 0.3 is 19.1 Å². The van der Waals surface area contributed by atoms with E-state index < -0.39 is 65.8 Å². The summed E-state index contributed by atoms with van der Waals surface area (Å²) in [6.45, 7) is 1.73. The zero-order valence-electron chi connectivity index (χ0n) is 33.6. The number of aryl methyl sites for hydroxylation is 1. The minimum atomic E-state index is -5.04. The number of nitrogens with zero attached hydrogens (tertiary/aromatic N) is 2. The smallest absolute Gasteiger partial charge is 0.508 e. The topological polar surface area (TPSA) is 227 Å². The third-order valence-corrected chi connectivity index (χ3v) is 7.70. The average molecular weight is 953 g/mol. The molecule has 0 saturated carbocycles. The van der Waals surface area contributed by atoms with Gasteiger partial charge in [-0.2, -0.15) is 0 Å². The molecule has 0 aliphatic heterocycles. The highest BCUT2D eigenvalue weighted by atomic mass is 19.4. The molecule has 0 fully saturated rings. The van der Waals surface area contributed by atoms with Crippen molar-refractivity contribution < 1.29 is 87.1 Å². The van der Waals surface area contributed by atoms with Crippen molar-refractivity contribution >= 4 is 35.0 Å². The normalized spacial score (nSPS) is 11.0. The van der Waals surface area contributed by atoms with Crippen molar-refractivity contribution in [3.8, 4) is 34.5 Å². The van der Waals surface area contributed by atoms with E-state index in [1.54, 1.807) is 13.0 Å². The standard InChI is InChI=1S/C21H13F6N3O5.C14H12FN3O2.C7H5F3O2/c22-20(23,24)34-13-3-1-12(2-4-13)33-17-10-14(35-21(25,26)27)5-6-15(17)19(32)30-11-7-8-29-16(9-11)18(28)31;1-8-2-3-10(11(15)6-8)14(20)18-9-4-5-17-12(7-9)13(16)19;8-7(9,10)12-6-3-1-5(11)2-4-6/h1-10H,(H2,28,31)(H,29,30,32);2-7H,1H3,(H2,16,19)(H,17,18,20);1-4,11H. The van der Waals surface area contributed by atoms with E-state index in [-0.39, 0.29) is 45.5 Å². The number of hydrogen-bond donors (Lipinski definition) is 5. The van der Waals surface area contributed by atoms with E-state index in [4.69, 9.17) is 21.3 Å². The Morgan fingerprint density at radius 1 is 0.537 bits per heavy atom. The molecule has 0 atom stereocenters. The van der Waals surface area contributed by atoms with Crippen LogP contribution in [0.25, 0.3) is 0 Å². The fraction of sp³-hybridized carbons (Fsp3) is 0.0952. The number of anilines is 2. The molecule has 2 heterocycles. The lowest BCUT2D eigenvalue weighted by Gasteiger charge is -2.15. The van der Waals surface area contributed by atoms with E-state index in [0.29, 0.717) is 5.69 Å². The van der Waals surface area contributed by atoms with Gasteiger partial charge in [-0.3, -0.25) is 29.1 Å². The van der Waals surface area contributed by atoms with Crippen LogP contribution >= 0.6 is 0 Å². The molecule has 6 rings (SSSR count). The lowest BCUT2D eigenvalue weighted by atomic mass is 10.1. The molecular weight excluding hydrogens is 922 g/mol. The Balaban J connectivity index is 0.000000255. The number of alkyl halides is 9. The molecule has 0 unspecified atom stereocenters. The van der Waals surface area contributed by atoms with Crippen LogP contribution in [0.15, 0.2) is 122 Å². The Hall–Kier alpha value is -8.64. The van der Waals surface area contributed by atoms with Crippen molar-refractivity contribution in [3.05, 3.63) is 155 Å². The second-order valence-electron chi connectivity index (χ2n) is 12.8. The number of nitrogens with two attached hydrogens (primary N) is 2. The lowest BCUT2D eigenvalue weighted by Crippen LogP contribution is -2.18. The van der Waals surface area contributed by atoms with Crippen molar-refractivity contribution in [3.63, 3.8) is 0 Å². The molecule has 0 saturated heterocycles. The van der Waals surface area contributed by atoms with E-state index in [2.05, 4.69) is 34.8 Å². The van der Waals surface area contributed by atoms with Crippen LogP contribution < -0.4 is 41.0 Å². The van der Waals surface area contributed by atoms with Gasteiger partial charge in [0.1, 0.15) is 51.7 Å². The zero-order chi connectivity index (χ0) is 49.7. The van der Waals surface area contributed by atoms with Gasteiger partial charge in [0.15, 0.2) is 0 Å². The molecular formula is C42H30F10N6O9. The second-order valence-corrected chi connectivity index (χ2v) is 12.8. The van der Waals surface area contributed by atoms with Crippen molar-refractivity contribution in [2.75, 3.05) is 10.6 Å². The highest BCUT2D eigenvalue weighted by Crippen LogP contribution is 2.34. The quantitative estimate of drug-likeness (QED) is 0.0769. The number of phenolic OH excluding ortho intramolecular Hbond substituents is 1. The van der Waals surface area contributed by atoms with Crippen LogP contribution in [0.2, 0.25) is 0 Å². The van der Waals surface area contributed by atoms with E-state index in [1.807, 2.05) is 0 Å². The van der Waals surface area contributed by atoms with Gasteiger partial charge in [0.05, 0.1) is 11.1 Å². The predicted octanol–water partition coefficient (Wildman–Crippen LogP) is 9.19. The largest absolute Gasteiger partial charge is 0.573 e. The van der Waals surface area contributed by atoms with Crippen LogP contribution in [0.4, 0.5) is 55.3 Å². The van der Waals surface area contributed by atoms with Crippen LogP contribution in [0.3, 0.4) is 0 Å². The Morgan fingerprint density at radius 2 is 0.940 bits per heavy atom. The molecule has 0 radical (unpaired) electrons. The molecule has 0 aliphatic carbocycles. The maximum atomic E-state index is 13.7. The summed E-state index contributed by atoms with van der Waals surface area (Å²) >= 11 is 0. The minimum Gasteiger partial charge on any atom is -0.508 e. The number of phenols is 1. The first-order valence-electron chi connectivity index (χ1n) is 18.1. The van der Waals surface area contributed by atoms with Gasteiger partial charge in [-0.1, -0.05) is 6.07 Å². The average Bonchev–Trinajstić information content (AvgIpc) is 3.21. The van der Waals surface area contributed by atoms with Gasteiger partial charge in [0.25, 0.3) is 23.6 Å². The highest BCUT2D eigenvalue weighted by Gasteiger charge is 2.33. The van der Waals surface area contributed by atoms with Gasteiger partial charge in [0, 0.05) is 29.8 Å². The molecule has 352 valence electrons. The number of nitrogens with one attached hydrogen (secondary N) is 2. The maximum Gasteiger partial charge on any atom is 0.573 e. The summed E-state index contributed by atoms with van der Waals surface area (Å²) in [5.41, 5.74) is 10.9. The van der Waals surface area contributed by atoms with Gasteiger partial charge < -0.3 is 46.2 Å². The summed E-state index contributed by atoms with van der Waals surface area (Å²) in [6, 6.07) is 20.4. The lowest BCUT2D eigenvalue weighted by molar-refractivity contribution is -0.275. The molecule has 0 bridgehead atoms. The molecule has 4 aromatic carbocycles. The Labute approximate surface area is 369 Å². The third-order valence-electron chi connectivity index (χ3n) is 7.70. The van der Waals surface area contributed by atoms with Crippen LogP contribution in [0.5, 0.6) is 34.5 Å². The number of amides is 4. The summed E-state index contributed by atoms with van der Waals surface area (Å²) in [4.78, 5) is 54.4. The number of primary amides is 2. The van der Waals surface area contributed by atoms with Crippen LogP contribution in [-0.2, 0) is 0 Å². The SMILES string of the molecule is Cc1ccc(C(=O)Nc2ccnc(C(N)=O)c2)c(F)c1.NC(=O)c1cc(NC(=O)c2ccc(OC(F)(F)F)cc2Oc2ccc(OC(F)(F)F)cc2)ccn1.Oc1ccc(OC(F)(F)F)cc1. The number of carbonyl (C=O) groups is 4. The first-order chi connectivity index (χ1) is 31.2. The Bertz CT molecular complexity index is 2700. The van der Waals surface area contributed by atoms with Crippen LogP contribution in [0.1, 0.15) is 47.3 Å². The minimum absolute atomic E-state index is 0.0205. The van der Waals surface area contributed by atoms with Gasteiger partial charge in [-0.25, -0.2) is 4.39 Å². The van der Waals surface area contributed by atoms with E-state index in [9.17, 15) is 63.1 Å². The third kappa shape index (κ3) is 17.5. The molecule has 25 heteroatoms.